The first-order chi connectivity index (χ1) is 12.9. The van der Waals surface area contributed by atoms with Crippen LogP contribution in [0.5, 0.6) is 0 Å². The van der Waals surface area contributed by atoms with E-state index in [1.165, 1.54) is 5.56 Å². The number of rotatable bonds is 2. The molecule has 1 fully saturated rings. The number of aromatic nitrogens is 4. The Kier molecular flexibility index (Phi) is 3.86. The lowest BCUT2D eigenvalue weighted by atomic mass is 10.0. The van der Waals surface area contributed by atoms with Crippen molar-refractivity contribution in [2.24, 2.45) is 0 Å². The highest BCUT2D eigenvalue weighted by Crippen LogP contribution is 2.31. The molecule has 132 valence electrons. The van der Waals surface area contributed by atoms with Crippen molar-refractivity contribution in [3.8, 4) is 0 Å². The van der Waals surface area contributed by atoms with E-state index in [4.69, 9.17) is 4.74 Å². The fourth-order valence-corrected chi connectivity index (χ4v) is 3.80. The fourth-order valence-electron chi connectivity index (χ4n) is 3.80. The van der Waals surface area contributed by atoms with Gasteiger partial charge in [-0.3, -0.25) is 0 Å². The van der Waals surface area contributed by atoms with Crippen molar-refractivity contribution in [1.29, 1.82) is 0 Å². The van der Waals surface area contributed by atoms with Crippen molar-refractivity contribution in [3.05, 3.63) is 48.2 Å². The van der Waals surface area contributed by atoms with E-state index in [1.54, 1.807) is 12.7 Å². The van der Waals surface area contributed by atoms with E-state index in [0.717, 1.165) is 74.0 Å². The van der Waals surface area contributed by atoms with Crippen molar-refractivity contribution >= 4 is 22.5 Å². The molecule has 0 atom stereocenters. The molecule has 0 N–H and O–H groups in total. The Bertz CT molecular complexity index is 935. The molecule has 2 aromatic heterocycles. The van der Waals surface area contributed by atoms with E-state index in [9.17, 15) is 0 Å². The second kappa shape index (κ2) is 6.49. The van der Waals surface area contributed by atoms with E-state index >= 15 is 0 Å². The molecule has 1 saturated heterocycles. The third-order valence-corrected chi connectivity index (χ3v) is 5.11. The van der Waals surface area contributed by atoms with Crippen LogP contribution >= 0.6 is 0 Å². The van der Waals surface area contributed by atoms with E-state index < -0.39 is 0 Å². The second-order valence-electron chi connectivity index (χ2n) is 6.61. The third-order valence-electron chi connectivity index (χ3n) is 5.11. The molecule has 7 nitrogen and oxygen atoms in total. The first-order valence-electron chi connectivity index (χ1n) is 9.00. The van der Waals surface area contributed by atoms with Crippen LogP contribution in [0, 0.1) is 0 Å². The average Bonchev–Trinajstić information content (AvgIpc) is 2.73. The van der Waals surface area contributed by atoms with Crippen LogP contribution in [0.2, 0.25) is 0 Å². The Morgan fingerprint density at radius 1 is 0.808 bits per heavy atom. The first kappa shape index (κ1) is 15.5. The van der Waals surface area contributed by atoms with Gasteiger partial charge in [-0.25, -0.2) is 19.9 Å². The maximum absolute atomic E-state index is 5.49. The molecule has 0 aliphatic carbocycles. The number of hydrogen-bond acceptors (Lipinski definition) is 7. The van der Waals surface area contributed by atoms with Crippen LogP contribution in [-0.2, 0) is 17.7 Å². The maximum Gasteiger partial charge on any atom is 0.140 e. The zero-order valence-electron chi connectivity index (χ0n) is 14.5. The summed E-state index contributed by atoms with van der Waals surface area (Å²) in [7, 11) is 0. The van der Waals surface area contributed by atoms with Gasteiger partial charge in [-0.2, -0.15) is 0 Å². The molecule has 4 heterocycles. The Hall–Kier alpha value is -2.80. The average molecular weight is 348 g/mol. The van der Waals surface area contributed by atoms with Gasteiger partial charge >= 0.3 is 0 Å². The molecule has 0 unspecified atom stereocenters. The number of benzene rings is 1. The summed E-state index contributed by atoms with van der Waals surface area (Å²) in [5, 5.41) is 1.09. The molecular formula is C19H20N6O. The minimum atomic E-state index is 0.749. The number of morpholine rings is 1. The molecular weight excluding hydrogens is 328 g/mol. The Morgan fingerprint density at radius 3 is 2.54 bits per heavy atom. The Morgan fingerprint density at radius 2 is 1.62 bits per heavy atom. The van der Waals surface area contributed by atoms with E-state index in [1.807, 2.05) is 18.2 Å². The highest BCUT2D eigenvalue weighted by molar-refractivity contribution is 5.89. The summed E-state index contributed by atoms with van der Waals surface area (Å²) in [5.41, 5.74) is 3.33. The summed E-state index contributed by atoms with van der Waals surface area (Å²) >= 11 is 0. The standard InChI is InChI=1S/C19H20N6O/c1-2-4-16-14(3-1)18(22-12-20-16)25-6-5-17-15(11-25)19(23-13-21-17)24-7-9-26-10-8-24/h1-4,12-13H,5-11H2. The van der Waals surface area contributed by atoms with Crippen molar-refractivity contribution < 1.29 is 4.74 Å². The lowest BCUT2D eigenvalue weighted by Crippen LogP contribution is -2.39. The monoisotopic (exact) mass is 348 g/mol. The zero-order valence-corrected chi connectivity index (χ0v) is 14.5. The van der Waals surface area contributed by atoms with Crippen LogP contribution in [0.15, 0.2) is 36.9 Å². The summed E-state index contributed by atoms with van der Waals surface area (Å²) in [6.07, 6.45) is 4.24. The van der Waals surface area contributed by atoms with E-state index in [2.05, 4.69) is 35.8 Å². The molecule has 5 rings (SSSR count). The topological polar surface area (TPSA) is 67.3 Å². The molecule has 0 saturated carbocycles. The second-order valence-corrected chi connectivity index (χ2v) is 6.61. The third kappa shape index (κ3) is 2.64. The minimum Gasteiger partial charge on any atom is -0.378 e. The van der Waals surface area contributed by atoms with Crippen LogP contribution in [0.1, 0.15) is 11.3 Å². The summed E-state index contributed by atoms with van der Waals surface area (Å²) in [6, 6.07) is 8.16. The van der Waals surface area contributed by atoms with E-state index in [0.29, 0.717) is 0 Å². The quantitative estimate of drug-likeness (QED) is 0.700. The van der Waals surface area contributed by atoms with E-state index in [-0.39, 0.29) is 0 Å². The van der Waals surface area contributed by atoms with Gasteiger partial charge in [0, 0.05) is 43.5 Å². The summed E-state index contributed by atoms with van der Waals surface area (Å²) in [5.74, 6) is 2.03. The summed E-state index contributed by atoms with van der Waals surface area (Å²) < 4.78 is 5.49. The van der Waals surface area contributed by atoms with Gasteiger partial charge in [-0.15, -0.1) is 0 Å². The minimum absolute atomic E-state index is 0.749. The molecule has 7 heteroatoms. The van der Waals surface area contributed by atoms with Crippen LogP contribution in [0.4, 0.5) is 11.6 Å². The van der Waals surface area contributed by atoms with Gasteiger partial charge in [0.2, 0.25) is 0 Å². The van der Waals surface area contributed by atoms with Gasteiger partial charge in [-0.1, -0.05) is 12.1 Å². The molecule has 0 spiro atoms. The fraction of sp³-hybridized carbons (Fsp3) is 0.368. The predicted molar refractivity (Wildman–Crippen MR) is 99.4 cm³/mol. The molecule has 26 heavy (non-hydrogen) atoms. The van der Waals surface area contributed by atoms with Gasteiger partial charge in [-0.05, 0) is 12.1 Å². The Labute approximate surface area is 151 Å². The van der Waals surface area contributed by atoms with Crippen molar-refractivity contribution in [2.45, 2.75) is 13.0 Å². The number of hydrogen-bond donors (Lipinski definition) is 0. The normalized spacial score (nSPS) is 17.4. The molecule has 2 aliphatic rings. The number of para-hydroxylation sites is 1. The number of anilines is 2. The van der Waals surface area contributed by atoms with Crippen LogP contribution in [0.3, 0.4) is 0 Å². The van der Waals surface area contributed by atoms with Gasteiger partial charge in [0.05, 0.1) is 24.4 Å². The molecule has 0 amide bonds. The smallest absolute Gasteiger partial charge is 0.140 e. The molecule has 0 radical (unpaired) electrons. The molecule has 2 aliphatic heterocycles. The highest BCUT2D eigenvalue weighted by Gasteiger charge is 2.26. The van der Waals surface area contributed by atoms with Crippen molar-refractivity contribution in [3.63, 3.8) is 0 Å². The lowest BCUT2D eigenvalue weighted by Gasteiger charge is -2.34. The van der Waals surface area contributed by atoms with Crippen molar-refractivity contribution in [1.82, 2.24) is 19.9 Å². The number of fused-ring (bicyclic) bond motifs is 2. The van der Waals surface area contributed by atoms with Gasteiger partial charge in [0.1, 0.15) is 24.3 Å². The number of nitrogens with zero attached hydrogens (tertiary/aromatic N) is 6. The lowest BCUT2D eigenvalue weighted by molar-refractivity contribution is 0.122. The molecule has 0 bridgehead atoms. The van der Waals surface area contributed by atoms with Crippen LogP contribution < -0.4 is 9.80 Å². The predicted octanol–water partition coefficient (Wildman–Crippen LogP) is 1.82. The zero-order chi connectivity index (χ0) is 17.3. The number of ether oxygens (including phenoxy) is 1. The van der Waals surface area contributed by atoms with Gasteiger partial charge < -0.3 is 14.5 Å². The maximum atomic E-state index is 5.49. The highest BCUT2D eigenvalue weighted by atomic mass is 16.5. The summed E-state index contributed by atoms with van der Waals surface area (Å²) in [4.78, 5) is 22.7. The summed E-state index contributed by atoms with van der Waals surface area (Å²) in [6.45, 7) is 4.91. The van der Waals surface area contributed by atoms with Gasteiger partial charge in [0.25, 0.3) is 0 Å². The van der Waals surface area contributed by atoms with Crippen LogP contribution in [-0.4, -0.2) is 52.8 Å². The Balaban J connectivity index is 1.53. The molecule has 3 aromatic rings. The molecule has 1 aromatic carbocycles. The van der Waals surface area contributed by atoms with Crippen molar-refractivity contribution in [2.75, 3.05) is 42.6 Å². The van der Waals surface area contributed by atoms with Crippen LogP contribution in [0.25, 0.3) is 10.9 Å². The first-order valence-corrected chi connectivity index (χ1v) is 9.00. The SMILES string of the molecule is c1ccc2c(N3CCc4ncnc(N5CCOCC5)c4C3)ncnc2c1. The van der Waals surface area contributed by atoms with Gasteiger partial charge in [0.15, 0.2) is 0 Å². The largest absolute Gasteiger partial charge is 0.378 e.